The first-order valence-electron chi connectivity index (χ1n) is 6.08. The van der Waals surface area contributed by atoms with E-state index in [4.69, 9.17) is 11.2 Å². The molecule has 90 valence electrons. The van der Waals surface area contributed by atoms with E-state index in [1.165, 1.54) is 0 Å². The predicted molar refractivity (Wildman–Crippen MR) is 67.1 cm³/mol. The molecule has 0 unspecified atom stereocenters. The largest absolute Gasteiger partial charge is 0.490 e. The molecule has 0 bridgehead atoms. The number of carbonyl (C=O) groups is 1. The van der Waals surface area contributed by atoms with E-state index in [1.807, 2.05) is 6.92 Å². The summed E-state index contributed by atoms with van der Waals surface area (Å²) >= 11 is 0. The van der Waals surface area contributed by atoms with Gasteiger partial charge in [-0.25, -0.2) is 0 Å². The first kappa shape index (κ1) is 12.0. The Bertz CT molecular complexity index is 425. The summed E-state index contributed by atoms with van der Waals surface area (Å²) < 4.78 is 5.92. The van der Waals surface area contributed by atoms with Crippen LogP contribution in [0, 0.1) is 17.8 Å². The molecule has 1 fully saturated rings. The number of ketones is 1. The van der Waals surface area contributed by atoms with Crippen molar-refractivity contribution in [1.29, 1.82) is 0 Å². The Labute approximate surface area is 103 Å². The van der Waals surface area contributed by atoms with E-state index in [1.54, 1.807) is 6.08 Å². The van der Waals surface area contributed by atoms with E-state index in [2.05, 4.69) is 12.5 Å². The van der Waals surface area contributed by atoms with E-state index in [0.717, 1.165) is 30.6 Å². The van der Waals surface area contributed by atoms with Gasteiger partial charge in [0.15, 0.2) is 5.78 Å². The molecule has 0 amide bonds. The molecule has 2 nitrogen and oxygen atoms in total. The first-order valence-corrected chi connectivity index (χ1v) is 6.08. The molecule has 0 aromatic carbocycles. The maximum absolute atomic E-state index is 11.5. The summed E-state index contributed by atoms with van der Waals surface area (Å²) in [5, 5.41) is 0. The second kappa shape index (κ2) is 4.41. The number of allylic oxidation sites excluding steroid dienone is 2. The summed E-state index contributed by atoms with van der Waals surface area (Å²) in [4.78, 5) is 11.5. The van der Waals surface area contributed by atoms with Crippen LogP contribution in [0.3, 0.4) is 0 Å². The first-order chi connectivity index (χ1) is 8.07. The maximum atomic E-state index is 11.5. The van der Waals surface area contributed by atoms with Crippen molar-refractivity contribution < 1.29 is 9.53 Å². The highest BCUT2D eigenvalue weighted by Gasteiger charge is 2.43. The zero-order valence-electron chi connectivity index (χ0n) is 10.3. The molecule has 0 N–H and O–H groups in total. The van der Waals surface area contributed by atoms with Crippen LogP contribution < -0.4 is 0 Å². The van der Waals surface area contributed by atoms with Crippen LogP contribution in [0.1, 0.15) is 39.0 Å². The van der Waals surface area contributed by atoms with Crippen molar-refractivity contribution in [2.45, 2.75) is 45.1 Å². The Morgan fingerprint density at radius 1 is 1.71 bits per heavy atom. The van der Waals surface area contributed by atoms with Gasteiger partial charge in [-0.05, 0) is 31.8 Å². The molecular weight excluding hydrogens is 212 g/mol. The zero-order valence-corrected chi connectivity index (χ0v) is 10.3. The molecule has 2 aliphatic rings. The molecule has 0 spiro atoms. The Morgan fingerprint density at radius 2 is 2.47 bits per heavy atom. The molecule has 1 aliphatic heterocycles. The molecule has 2 heteroatoms. The summed E-state index contributed by atoms with van der Waals surface area (Å²) in [5.74, 6) is 3.68. The van der Waals surface area contributed by atoms with Gasteiger partial charge >= 0.3 is 0 Å². The second-order valence-corrected chi connectivity index (χ2v) is 5.13. The molecule has 2 atom stereocenters. The number of hydrogen-bond donors (Lipinski definition) is 0. The van der Waals surface area contributed by atoms with Gasteiger partial charge in [0, 0.05) is 24.3 Å². The van der Waals surface area contributed by atoms with Gasteiger partial charge in [0.05, 0.1) is 0 Å². The minimum atomic E-state index is -0.0887. The fourth-order valence-electron chi connectivity index (χ4n) is 2.69. The smallest absolute Gasteiger partial charge is 0.159 e. The highest BCUT2D eigenvalue weighted by molar-refractivity contribution is 5.91. The second-order valence-electron chi connectivity index (χ2n) is 5.13. The summed E-state index contributed by atoms with van der Waals surface area (Å²) in [6, 6.07) is 0. The van der Waals surface area contributed by atoms with E-state index in [9.17, 15) is 4.79 Å². The van der Waals surface area contributed by atoms with Crippen molar-refractivity contribution >= 4 is 5.78 Å². The molecule has 1 heterocycles. The maximum Gasteiger partial charge on any atom is 0.159 e. The minimum Gasteiger partial charge on any atom is -0.490 e. The summed E-state index contributed by atoms with van der Waals surface area (Å²) in [7, 11) is 0. The monoisotopic (exact) mass is 230 g/mol. The number of ether oxygens (including phenoxy) is 1. The van der Waals surface area contributed by atoms with Crippen molar-refractivity contribution in [3.05, 3.63) is 24.0 Å². The van der Waals surface area contributed by atoms with Crippen molar-refractivity contribution in [3.8, 4) is 12.3 Å². The van der Waals surface area contributed by atoms with E-state index >= 15 is 0 Å². The van der Waals surface area contributed by atoms with Crippen LogP contribution in [-0.2, 0) is 9.53 Å². The van der Waals surface area contributed by atoms with Gasteiger partial charge in [0.25, 0.3) is 0 Å². The van der Waals surface area contributed by atoms with Gasteiger partial charge in [-0.15, -0.1) is 12.3 Å². The van der Waals surface area contributed by atoms with Crippen molar-refractivity contribution in [3.63, 3.8) is 0 Å². The van der Waals surface area contributed by atoms with E-state index in [0.29, 0.717) is 12.8 Å². The van der Waals surface area contributed by atoms with Gasteiger partial charge in [0.1, 0.15) is 11.9 Å². The third-order valence-corrected chi connectivity index (χ3v) is 3.81. The minimum absolute atomic E-state index is 0.0399. The number of fused-ring (bicyclic) bond motifs is 1. The number of terminal acetylenes is 1. The third kappa shape index (κ3) is 2.15. The van der Waals surface area contributed by atoms with Crippen molar-refractivity contribution in [2.75, 3.05) is 0 Å². The predicted octanol–water partition coefficient (Wildman–Crippen LogP) is 3.00. The van der Waals surface area contributed by atoms with Crippen LogP contribution in [0.4, 0.5) is 0 Å². The van der Waals surface area contributed by atoms with E-state index < -0.39 is 0 Å². The fraction of sp³-hybridized carbons (Fsp3) is 0.533. The molecule has 0 aromatic heterocycles. The van der Waals surface area contributed by atoms with Gasteiger partial charge in [0.2, 0.25) is 0 Å². The number of hydrogen-bond acceptors (Lipinski definition) is 2. The summed E-state index contributed by atoms with van der Waals surface area (Å²) in [6.45, 7) is 5.89. The highest BCUT2D eigenvalue weighted by atomic mass is 16.5. The van der Waals surface area contributed by atoms with E-state index in [-0.39, 0.29) is 17.3 Å². The van der Waals surface area contributed by atoms with Gasteiger partial charge in [-0.1, -0.05) is 6.58 Å². The molecule has 2 rings (SSSR count). The Hall–Kier alpha value is -1.49. The molecule has 1 saturated heterocycles. The zero-order chi connectivity index (χ0) is 12.5. The molecule has 0 radical (unpaired) electrons. The standard InChI is InChI=1S/C15H18O2/c1-4-7-15-8-5-12(16)10-14(15)17-13(6-9-15)11(2)3/h1,10,13H,2,5-9H2,3H3/t13-,15+/m0/s1. The lowest BCUT2D eigenvalue weighted by Crippen LogP contribution is -2.37. The fourth-order valence-corrected chi connectivity index (χ4v) is 2.69. The average Bonchev–Trinajstić information content (AvgIpc) is 2.29. The van der Waals surface area contributed by atoms with Gasteiger partial charge in [-0.3, -0.25) is 4.79 Å². The average molecular weight is 230 g/mol. The SMILES string of the molecule is C#CC[C@]12CCC(=O)C=C1O[C@H](C(=C)C)CC2. The van der Waals surface area contributed by atoms with Crippen LogP contribution in [0.25, 0.3) is 0 Å². The molecule has 17 heavy (non-hydrogen) atoms. The molecule has 0 saturated carbocycles. The summed E-state index contributed by atoms with van der Waals surface area (Å²) in [5.41, 5.74) is 0.924. The Kier molecular flexibility index (Phi) is 3.11. The van der Waals surface area contributed by atoms with Crippen molar-refractivity contribution in [1.82, 2.24) is 0 Å². The lowest BCUT2D eigenvalue weighted by atomic mass is 9.69. The Morgan fingerprint density at radius 3 is 3.12 bits per heavy atom. The quantitative estimate of drug-likeness (QED) is 0.538. The molecule has 0 aromatic rings. The number of carbonyl (C=O) groups excluding carboxylic acids is 1. The van der Waals surface area contributed by atoms with Crippen LogP contribution in [-0.4, -0.2) is 11.9 Å². The topological polar surface area (TPSA) is 26.3 Å². The normalized spacial score (nSPS) is 31.9. The highest BCUT2D eigenvalue weighted by Crippen LogP contribution is 2.48. The van der Waals surface area contributed by atoms with Crippen LogP contribution in [0.5, 0.6) is 0 Å². The van der Waals surface area contributed by atoms with Gasteiger partial charge in [-0.2, -0.15) is 0 Å². The lowest BCUT2D eigenvalue weighted by Gasteiger charge is -2.43. The van der Waals surface area contributed by atoms with Crippen LogP contribution >= 0.6 is 0 Å². The number of rotatable bonds is 2. The van der Waals surface area contributed by atoms with Crippen LogP contribution in [0.15, 0.2) is 24.0 Å². The van der Waals surface area contributed by atoms with Crippen LogP contribution in [0.2, 0.25) is 0 Å². The van der Waals surface area contributed by atoms with Gasteiger partial charge < -0.3 is 4.74 Å². The lowest BCUT2D eigenvalue weighted by molar-refractivity contribution is -0.117. The van der Waals surface area contributed by atoms with Crippen molar-refractivity contribution in [2.24, 2.45) is 5.41 Å². The molecular formula is C15H18O2. The third-order valence-electron chi connectivity index (χ3n) is 3.81. The molecule has 1 aliphatic carbocycles. The Balaban J connectivity index is 2.29. The summed E-state index contributed by atoms with van der Waals surface area (Å²) in [6.07, 6.45) is 11.2.